The Morgan fingerprint density at radius 2 is 0.786 bits per heavy atom. The first-order valence-electron chi connectivity index (χ1n) is 16.8. The molecule has 300 valence electrons. The average molecular weight is 782 g/mol. The summed E-state index contributed by atoms with van der Waals surface area (Å²) in [5.41, 5.74) is -0.554. The Morgan fingerprint density at radius 1 is 0.464 bits per heavy atom. The molecule has 56 heavy (non-hydrogen) atoms. The second-order valence-corrected chi connectivity index (χ2v) is 12.4. The smallest absolute Gasteiger partial charge is 0.410 e. The zero-order valence-corrected chi connectivity index (χ0v) is 31.9. The molecular formula is C38H43N3O15. The summed E-state index contributed by atoms with van der Waals surface area (Å²) in [4.78, 5) is 87.0. The standard InChI is InChI=1S/C38H43N3O15/c1-38(2,3)56-37(48)41-21-55-30-15-22(31(42)39-8-10-53-28-17-24(33(44)49-4)13-25(18-28)34(45)50-5)12-23(16-30)32(43)40-9-11-54-29-19-26(35(46)51-6)14-27(20-29)36(47)52-7/h12-20H,8-11,21H2,1-7H3,(H,39,42)(H,40,43)(H,41,48). The van der Waals surface area contributed by atoms with Crippen molar-refractivity contribution in [2.45, 2.75) is 26.4 Å². The monoisotopic (exact) mass is 781 g/mol. The zero-order valence-electron chi connectivity index (χ0n) is 31.9. The average Bonchev–Trinajstić information content (AvgIpc) is 3.18. The van der Waals surface area contributed by atoms with Gasteiger partial charge in [0.25, 0.3) is 11.8 Å². The Hall–Kier alpha value is -6.85. The van der Waals surface area contributed by atoms with E-state index in [2.05, 4.69) is 16.0 Å². The highest BCUT2D eigenvalue weighted by Crippen LogP contribution is 2.21. The summed E-state index contributed by atoms with van der Waals surface area (Å²) in [5, 5.41) is 7.73. The minimum absolute atomic E-state index is 0.0109. The number of benzene rings is 3. The summed E-state index contributed by atoms with van der Waals surface area (Å²) < 4.78 is 41.1. The largest absolute Gasteiger partial charge is 0.492 e. The van der Waals surface area contributed by atoms with E-state index in [0.29, 0.717) is 0 Å². The van der Waals surface area contributed by atoms with Gasteiger partial charge in [-0.25, -0.2) is 24.0 Å². The van der Waals surface area contributed by atoms with Crippen LogP contribution in [-0.4, -0.2) is 109 Å². The van der Waals surface area contributed by atoms with E-state index in [0.717, 1.165) is 0 Å². The van der Waals surface area contributed by atoms with E-state index < -0.39 is 47.4 Å². The SMILES string of the molecule is COC(=O)c1cc(OCCNC(=O)c2cc(OCNC(=O)OC(C)(C)C)cc(C(=O)NCCOc3cc(C(=O)OC)cc(C(=O)OC)c3)c2)cc(C(=O)OC)c1. The van der Waals surface area contributed by atoms with Crippen molar-refractivity contribution in [2.75, 3.05) is 61.5 Å². The van der Waals surface area contributed by atoms with Crippen molar-refractivity contribution in [3.8, 4) is 17.2 Å². The van der Waals surface area contributed by atoms with Crippen molar-refractivity contribution >= 4 is 41.8 Å². The number of esters is 4. The summed E-state index contributed by atoms with van der Waals surface area (Å²) in [7, 11) is 4.74. The summed E-state index contributed by atoms with van der Waals surface area (Å²) in [5.74, 6) is -3.74. The first-order chi connectivity index (χ1) is 26.6. The Kier molecular flexibility index (Phi) is 16.0. The molecule has 0 atom stereocenters. The number of hydrogen-bond donors (Lipinski definition) is 3. The van der Waals surface area contributed by atoms with Crippen LogP contribution in [0.4, 0.5) is 4.79 Å². The molecule has 3 N–H and O–H groups in total. The molecule has 0 saturated carbocycles. The summed E-state index contributed by atoms with van der Waals surface area (Å²) in [6, 6.07) is 12.0. The maximum Gasteiger partial charge on any atom is 0.410 e. The number of amides is 3. The van der Waals surface area contributed by atoms with Crippen molar-refractivity contribution in [3.63, 3.8) is 0 Å². The normalized spacial score (nSPS) is 10.6. The summed E-state index contributed by atoms with van der Waals surface area (Å²) in [6.45, 7) is 4.42. The molecule has 3 aromatic rings. The Balaban J connectivity index is 1.72. The van der Waals surface area contributed by atoms with Crippen LogP contribution in [0.1, 0.15) is 82.9 Å². The quantitative estimate of drug-likeness (QED) is 0.0772. The first kappa shape index (κ1) is 43.6. The second-order valence-electron chi connectivity index (χ2n) is 12.4. The van der Waals surface area contributed by atoms with Crippen molar-refractivity contribution in [2.24, 2.45) is 0 Å². The molecule has 18 heteroatoms. The molecule has 0 aliphatic rings. The summed E-state index contributed by atoms with van der Waals surface area (Å²) in [6.07, 6.45) is -0.754. The van der Waals surface area contributed by atoms with Gasteiger partial charge in [-0.1, -0.05) is 0 Å². The molecule has 3 aromatic carbocycles. The highest BCUT2D eigenvalue weighted by atomic mass is 16.6. The van der Waals surface area contributed by atoms with Crippen LogP contribution in [0.3, 0.4) is 0 Å². The van der Waals surface area contributed by atoms with Gasteiger partial charge in [0, 0.05) is 11.1 Å². The fourth-order valence-electron chi connectivity index (χ4n) is 4.62. The van der Waals surface area contributed by atoms with Gasteiger partial charge in [0.2, 0.25) is 0 Å². The van der Waals surface area contributed by atoms with E-state index in [-0.39, 0.29) is 83.7 Å². The third-order valence-electron chi connectivity index (χ3n) is 7.10. The lowest BCUT2D eigenvalue weighted by atomic mass is 10.1. The summed E-state index contributed by atoms with van der Waals surface area (Å²) >= 11 is 0. The number of rotatable bonds is 17. The maximum absolute atomic E-state index is 13.2. The van der Waals surface area contributed by atoms with Crippen LogP contribution >= 0.6 is 0 Å². The van der Waals surface area contributed by atoms with Crippen LogP contribution in [0.5, 0.6) is 17.2 Å². The number of alkyl carbamates (subject to hydrolysis) is 1. The van der Waals surface area contributed by atoms with Gasteiger partial charge in [0.05, 0.1) is 63.8 Å². The number of methoxy groups -OCH3 is 4. The third kappa shape index (κ3) is 13.5. The lowest BCUT2D eigenvalue weighted by Gasteiger charge is -2.19. The van der Waals surface area contributed by atoms with E-state index in [1.807, 2.05) is 0 Å². The lowest BCUT2D eigenvalue weighted by molar-refractivity contribution is 0.0481. The molecule has 0 aromatic heterocycles. The van der Waals surface area contributed by atoms with Gasteiger partial charge in [-0.15, -0.1) is 0 Å². The number of carbonyl (C=O) groups excluding carboxylic acids is 7. The second kappa shape index (κ2) is 20.6. The molecule has 0 saturated heterocycles. The number of ether oxygens (including phenoxy) is 8. The maximum atomic E-state index is 13.2. The van der Waals surface area contributed by atoms with Gasteiger partial charge in [0.1, 0.15) is 36.1 Å². The predicted octanol–water partition coefficient (Wildman–Crippen LogP) is 3.31. The highest BCUT2D eigenvalue weighted by molar-refractivity contribution is 6.00. The van der Waals surface area contributed by atoms with E-state index in [1.165, 1.54) is 83.0 Å². The van der Waals surface area contributed by atoms with E-state index in [1.54, 1.807) is 20.8 Å². The van der Waals surface area contributed by atoms with Gasteiger partial charge in [0.15, 0.2) is 6.73 Å². The first-order valence-corrected chi connectivity index (χ1v) is 16.8. The van der Waals surface area contributed by atoms with Crippen molar-refractivity contribution in [1.82, 2.24) is 16.0 Å². The van der Waals surface area contributed by atoms with E-state index in [9.17, 15) is 33.6 Å². The number of nitrogens with one attached hydrogen (secondary N) is 3. The molecule has 0 fully saturated rings. The van der Waals surface area contributed by atoms with Gasteiger partial charge < -0.3 is 48.5 Å². The molecular weight excluding hydrogens is 738 g/mol. The Morgan fingerprint density at radius 3 is 1.12 bits per heavy atom. The molecule has 3 rings (SSSR count). The van der Waals surface area contributed by atoms with E-state index >= 15 is 0 Å². The van der Waals surface area contributed by atoms with Crippen LogP contribution < -0.4 is 30.2 Å². The van der Waals surface area contributed by atoms with Crippen molar-refractivity contribution in [3.05, 3.63) is 88.0 Å². The fourth-order valence-corrected chi connectivity index (χ4v) is 4.62. The number of carbonyl (C=O) groups is 7. The topological polar surface area (TPSA) is 229 Å². The molecule has 0 aliphatic heterocycles. The van der Waals surface area contributed by atoms with Crippen LogP contribution in [0.2, 0.25) is 0 Å². The molecule has 3 amide bonds. The predicted molar refractivity (Wildman–Crippen MR) is 195 cm³/mol. The van der Waals surface area contributed by atoms with Crippen LogP contribution in [-0.2, 0) is 23.7 Å². The minimum Gasteiger partial charge on any atom is -0.492 e. The molecule has 0 bridgehead atoms. The van der Waals surface area contributed by atoms with Crippen molar-refractivity contribution < 1.29 is 71.5 Å². The highest BCUT2D eigenvalue weighted by Gasteiger charge is 2.19. The van der Waals surface area contributed by atoms with Crippen LogP contribution in [0, 0.1) is 0 Å². The van der Waals surface area contributed by atoms with E-state index in [4.69, 9.17) is 37.9 Å². The lowest BCUT2D eigenvalue weighted by Crippen LogP contribution is -2.34. The molecule has 0 radical (unpaired) electrons. The fraction of sp³-hybridized carbons (Fsp3) is 0.342. The molecule has 0 heterocycles. The van der Waals surface area contributed by atoms with Gasteiger partial charge >= 0.3 is 30.0 Å². The Bertz CT molecular complexity index is 1750. The molecule has 0 unspecified atom stereocenters. The van der Waals surface area contributed by atoms with Crippen molar-refractivity contribution in [1.29, 1.82) is 0 Å². The molecule has 0 spiro atoms. The van der Waals surface area contributed by atoms with Crippen LogP contribution in [0.25, 0.3) is 0 Å². The van der Waals surface area contributed by atoms with Gasteiger partial charge in [-0.05, 0) is 75.4 Å². The molecule has 18 nitrogen and oxygen atoms in total. The van der Waals surface area contributed by atoms with Gasteiger partial charge in [-0.3, -0.25) is 14.9 Å². The zero-order chi connectivity index (χ0) is 41.4. The van der Waals surface area contributed by atoms with Crippen LogP contribution in [0.15, 0.2) is 54.6 Å². The van der Waals surface area contributed by atoms with Gasteiger partial charge in [-0.2, -0.15) is 0 Å². The number of hydrogen-bond acceptors (Lipinski definition) is 15. The third-order valence-corrected chi connectivity index (χ3v) is 7.10. The minimum atomic E-state index is -0.762. The Labute approximate surface area is 322 Å². The molecule has 0 aliphatic carbocycles.